The summed E-state index contributed by atoms with van der Waals surface area (Å²) in [4.78, 5) is 29.2. The molecule has 3 heterocycles. The molecule has 1 saturated heterocycles. The number of fused-ring (bicyclic) bond motifs is 6. The topological polar surface area (TPSA) is 70.6 Å². The third kappa shape index (κ3) is 6.86. The van der Waals surface area contributed by atoms with E-state index in [9.17, 15) is 4.79 Å². The number of nitrogens with one attached hydrogen (secondary N) is 1. The summed E-state index contributed by atoms with van der Waals surface area (Å²) in [6.07, 6.45) is 0.701. The molecule has 222 valence electrons. The van der Waals surface area contributed by atoms with Gasteiger partial charge in [-0.2, -0.15) is 4.98 Å². The molecule has 0 radical (unpaired) electrons. The molecule has 1 aromatic heterocycles. The van der Waals surface area contributed by atoms with E-state index in [1.54, 1.807) is 0 Å². The molecule has 8 heteroatoms. The van der Waals surface area contributed by atoms with Crippen molar-refractivity contribution in [2.75, 3.05) is 24.4 Å². The second kappa shape index (κ2) is 12.8. The normalized spacial score (nSPS) is 19.0. The molecule has 0 spiro atoms. The summed E-state index contributed by atoms with van der Waals surface area (Å²) in [7, 11) is 0. The summed E-state index contributed by atoms with van der Waals surface area (Å²) in [5, 5.41) is 0. The highest BCUT2D eigenvalue weighted by Crippen LogP contribution is 2.32. The van der Waals surface area contributed by atoms with Crippen LogP contribution in [0.25, 0.3) is 11.3 Å². The molecule has 6 rings (SSSR count). The SMILES string of the molecule is Cc1cccc(C)c1-c1cc2nc(n1)NSc1cccc(c1)C(=O)N1CC(CC(C)C)N(Cc3ccccc3)C[C@@H](C1)O2. The fourth-order valence-electron chi connectivity index (χ4n) is 6.21. The first kappa shape index (κ1) is 29.2. The number of aromatic nitrogens is 2. The van der Waals surface area contributed by atoms with Crippen molar-refractivity contribution in [3.05, 3.63) is 101 Å². The van der Waals surface area contributed by atoms with E-state index < -0.39 is 0 Å². The van der Waals surface area contributed by atoms with Crippen LogP contribution in [0.15, 0.2) is 83.8 Å². The van der Waals surface area contributed by atoms with Gasteiger partial charge in [0, 0.05) is 47.8 Å². The van der Waals surface area contributed by atoms with Gasteiger partial charge in [0.05, 0.1) is 12.2 Å². The third-order valence-electron chi connectivity index (χ3n) is 8.14. The Labute approximate surface area is 258 Å². The second-order valence-corrected chi connectivity index (χ2v) is 12.9. The van der Waals surface area contributed by atoms with Crippen molar-refractivity contribution in [3.63, 3.8) is 0 Å². The Hall–Kier alpha value is -3.88. The van der Waals surface area contributed by atoms with Crippen LogP contribution < -0.4 is 9.46 Å². The molecule has 3 aromatic carbocycles. The van der Waals surface area contributed by atoms with E-state index in [2.05, 4.69) is 85.8 Å². The van der Waals surface area contributed by atoms with Gasteiger partial charge >= 0.3 is 0 Å². The quantitative estimate of drug-likeness (QED) is 0.250. The van der Waals surface area contributed by atoms with E-state index in [0.717, 1.165) is 40.2 Å². The van der Waals surface area contributed by atoms with Crippen molar-refractivity contribution in [2.45, 2.75) is 57.7 Å². The lowest BCUT2D eigenvalue weighted by atomic mass is 10.00. The Morgan fingerprint density at radius 1 is 0.930 bits per heavy atom. The molecular formula is C35H39N5O2S. The maximum absolute atomic E-state index is 14.1. The number of rotatable bonds is 5. The minimum Gasteiger partial charge on any atom is -0.471 e. The molecule has 7 nitrogen and oxygen atoms in total. The van der Waals surface area contributed by atoms with Gasteiger partial charge in [0.15, 0.2) is 0 Å². The summed E-state index contributed by atoms with van der Waals surface area (Å²) >= 11 is 1.40. The highest BCUT2D eigenvalue weighted by atomic mass is 32.2. The predicted octanol–water partition coefficient (Wildman–Crippen LogP) is 7.01. The zero-order chi connectivity index (χ0) is 29.9. The monoisotopic (exact) mass is 593 g/mol. The van der Waals surface area contributed by atoms with Crippen molar-refractivity contribution in [3.8, 4) is 17.1 Å². The summed E-state index contributed by atoms with van der Waals surface area (Å²) in [6.45, 7) is 11.3. The standard InChI is InChI=1S/C35H39N5O2S/c1-23(2)16-28-20-40-22-29(21-39(28)19-26-12-6-5-7-13-26)42-32-18-31(33-24(3)10-8-11-25(33)4)36-35(37-32)38-43-30-15-9-14-27(17-30)34(40)41/h5-15,17-18,23,28-29H,16,19-22H2,1-4H3,(H,36,37,38)/t28?,29-/m0/s1. The zero-order valence-corrected chi connectivity index (χ0v) is 26.1. The molecule has 2 aliphatic rings. The van der Waals surface area contributed by atoms with E-state index in [-0.39, 0.29) is 18.1 Å². The number of carbonyl (C=O) groups is 1. The van der Waals surface area contributed by atoms with Crippen LogP contribution in [0.2, 0.25) is 0 Å². The molecule has 6 bridgehead atoms. The van der Waals surface area contributed by atoms with Gasteiger partial charge in [0.2, 0.25) is 11.8 Å². The van der Waals surface area contributed by atoms with Crippen LogP contribution in [0.4, 0.5) is 5.95 Å². The lowest BCUT2D eigenvalue weighted by Gasteiger charge is -2.33. The first-order chi connectivity index (χ1) is 20.8. The van der Waals surface area contributed by atoms with Crippen LogP contribution in [-0.2, 0) is 6.54 Å². The number of amides is 1. The fourth-order valence-corrected chi connectivity index (χ4v) is 6.84. The molecule has 0 saturated carbocycles. The summed E-state index contributed by atoms with van der Waals surface area (Å²) < 4.78 is 10.1. The van der Waals surface area contributed by atoms with Gasteiger partial charge in [-0.15, -0.1) is 0 Å². The number of aryl methyl sites for hydroxylation is 2. The molecule has 1 unspecified atom stereocenters. The van der Waals surface area contributed by atoms with Crippen molar-refractivity contribution < 1.29 is 9.53 Å². The van der Waals surface area contributed by atoms with E-state index in [1.165, 1.54) is 17.5 Å². The average Bonchev–Trinajstić information content (AvgIpc) is 3.14. The molecule has 0 aliphatic carbocycles. The maximum Gasteiger partial charge on any atom is 0.254 e. The van der Waals surface area contributed by atoms with Gasteiger partial charge in [-0.05, 0) is 73.0 Å². The Kier molecular flexibility index (Phi) is 8.68. The zero-order valence-electron chi connectivity index (χ0n) is 25.3. The number of hydrogen-bond acceptors (Lipinski definition) is 7. The number of benzene rings is 3. The van der Waals surface area contributed by atoms with E-state index in [1.807, 2.05) is 35.2 Å². The van der Waals surface area contributed by atoms with Crippen molar-refractivity contribution in [1.82, 2.24) is 19.8 Å². The number of hydrogen-bond donors (Lipinski definition) is 1. The average molecular weight is 594 g/mol. The first-order valence-corrected chi connectivity index (χ1v) is 15.9. The summed E-state index contributed by atoms with van der Waals surface area (Å²) in [6, 6.07) is 26.8. The molecule has 1 N–H and O–H groups in total. The van der Waals surface area contributed by atoms with Gasteiger partial charge in [-0.1, -0.05) is 68.4 Å². The van der Waals surface area contributed by atoms with Crippen molar-refractivity contribution in [2.24, 2.45) is 5.92 Å². The molecule has 1 fully saturated rings. The van der Waals surface area contributed by atoms with E-state index >= 15 is 0 Å². The smallest absolute Gasteiger partial charge is 0.254 e. The van der Waals surface area contributed by atoms with Crippen LogP contribution in [0, 0.1) is 19.8 Å². The highest BCUT2D eigenvalue weighted by Gasteiger charge is 2.34. The van der Waals surface area contributed by atoms with Crippen LogP contribution in [0.3, 0.4) is 0 Å². The van der Waals surface area contributed by atoms with Gasteiger partial charge in [0.1, 0.15) is 6.10 Å². The molecule has 4 aromatic rings. The van der Waals surface area contributed by atoms with Gasteiger partial charge in [-0.3, -0.25) is 14.4 Å². The Morgan fingerprint density at radius 3 is 2.47 bits per heavy atom. The molecule has 2 aliphatic heterocycles. The number of anilines is 1. The third-order valence-corrected chi connectivity index (χ3v) is 8.91. The van der Waals surface area contributed by atoms with Crippen LogP contribution in [0.5, 0.6) is 5.88 Å². The molecule has 2 atom stereocenters. The fraction of sp³-hybridized carbons (Fsp3) is 0.343. The van der Waals surface area contributed by atoms with Crippen molar-refractivity contribution >= 4 is 23.8 Å². The number of ether oxygens (including phenoxy) is 1. The minimum absolute atomic E-state index is 0.0274. The maximum atomic E-state index is 14.1. The summed E-state index contributed by atoms with van der Waals surface area (Å²) in [5.41, 5.74) is 6.10. The van der Waals surface area contributed by atoms with Gasteiger partial charge in [-0.25, -0.2) is 4.98 Å². The first-order valence-electron chi connectivity index (χ1n) is 15.0. The van der Waals surface area contributed by atoms with Crippen molar-refractivity contribution in [1.29, 1.82) is 0 Å². The van der Waals surface area contributed by atoms with Gasteiger partial charge in [0.25, 0.3) is 5.91 Å². The van der Waals surface area contributed by atoms with E-state index in [0.29, 0.717) is 42.9 Å². The van der Waals surface area contributed by atoms with Gasteiger partial charge < -0.3 is 9.64 Å². The van der Waals surface area contributed by atoms with Crippen LogP contribution in [-0.4, -0.2) is 57.5 Å². The lowest BCUT2D eigenvalue weighted by Crippen LogP contribution is -2.43. The Morgan fingerprint density at radius 2 is 1.70 bits per heavy atom. The lowest BCUT2D eigenvalue weighted by molar-refractivity contribution is 0.0681. The Balaban J connectivity index is 1.44. The predicted molar refractivity (Wildman–Crippen MR) is 173 cm³/mol. The number of nitrogens with zero attached hydrogens (tertiary/aromatic N) is 4. The number of carbonyl (C=O) groups excluding carboxylic acids is 1. The minimum atomic E-state index is -0.282. The second-order valence-electron chi connectivity index (χ2n) is 12.1. The largest absolute Gasteiger partial charge is 0.471 e. The molecular weight excluding hydrogens is 554 g/mol. The van der Waals surface area contributed by atoms with Crippen LogP contribution in [0.1, 0.15) is 47.3 Å². The van der Waals surface area contributed by atoms with E-state index in [4.69, 9.17) is 14.7 Å². The van der Waals surface area contributed by atoms with Crippen LogP contribution >= 0.6 is 11.9 Å². The molecule has 1 amide bonds. The molecule has 43 heavy (non-hydrogen) atoms. The highest BCUT2D eigenvalue weighted by molar-refractivity contribution is 8.00. The Bertz CT molecular complexity index is 1570. The summed E-state index contributed by atoms with van der Waals surface area (Å²) in [5.74, 6) is 1.49.